The van der Waals surface area contributed by atoms with Gasteiger partial charge in [0.25, 0.3) is 0 Å². The zero-order valence-corrected chi connectivity index (χ0v) is 20.4. The van der Waals surface area contributed by atoms with Crippen LogP contribution in [-0.4, -0.2) is 30.0 Å². The van der Waals surface area contributed by atoms with Gasteiger partial charge in [-0.05, 0) is 32.1 Å². The van der Waals surface area contributed by atoms with Crippen LogP contribution >= 0.6 is 0 Å². The average Bonchev–Trinajstić information content (AvgIpc) is 2.77. The predicted molar refractivity (Wildman–Crippen MR) is 128 cm³/mol. The van der Waals surface area contributed by atoms with Crippen LogP contribution in [0.15, 0.2) is 0 Å². The molecule has 1 aromatic carbocycles. The lowest BCUT2D eigenvalue weighted by Gasteiger charge is -2.22. The van der Waals surface area contributed by atoms with Crippen LogP contribution in [-0.2, 0) is 6.42 Å². The zero-order chi connectivity index (χ0) is 22.9. The van der Waals surface area contributed by atoms with Crippen molar-refractivity contribution in [1.29, 1.82) is 0 Å². The molecule has 2 N–H and O–H groups in total. The Labute approximate surface area is 190 Å². The van der Waals surface area contributed by atoms with Crippen LogP contribution in [0, 0.1) is 0 Å². The minimum absolute atomic E-state index is 0.131. The number of benzene rings is 1. The molecule has 0 aromatic heterocycles. The van der Waals surface area contributed by atoms with Crippen molar-refractivity contribution in [1.82, 2.24) is 0 Å². The summed E-state index contributed by atoms with van der Waals surface area (Å²) in [5.41, 5.74) is 0.633. The first-order valence-electron chi connectivity index (χ1n) is 12.6. The molecule has 1 aromatic rings. The molecule has 0 aliphatic rings. The van der Waals surface area contributed by atoms with Crippen molar-refractivity contribution in [3.8, 4) is 28.7 Å². The number of hydrogen-bond donors (Lipinski definition) is 2. The van der Waals surface area contributed by atoms with Gasteiger partial charge in [-0.2, -0.15) is 0 Å². The van der Waals surface area contributed by atoms with Gasteiger partial charge >= 0.3 is 0 Å². The lowest BCUT2D eigenvalue weighted by atomic mass is 10.0. The van der Waals surface area contributed by atoms with E-state index in [1.807, 2.05) is 0 Å². The van der Waals surface area contributed by atoms with E-state index in [9.17, 15) is 10.2 Å². The van der Waals surface area contributed by atoms with Crippen LogP contribution in [0.1, 0.15) is 110 Å². The molecule has 5 nitrogen and oxygen atoms in total. The van der Waals surface area contributed by atoms with E-state index < -0.39 is 0 Å². The fourth-order valence-corrected chi connectivity index (χ4v) is 3.49. The van der Waals surface area contributed by atoms with Gasteiger partial charge in [0.1, 0.15) is 0 Å². The summed E-state index contributed by atoms with van der Waals surface area (Å²) in [6.07, 6.45) is 13.0. The molecule has 0 aliphatic heterocycles. The van der Waals surface area contributed by atoms with E-state index >= 15 is 0 Å². The fraction of sp³-hybridized carbons (Fsp3) is 0.769. The predicted octanol–water partition coefficient (Wildman–Crippen LogP) is 7.54. The molecule has 0 spiro atoms. The Morgan fingerprint density at radius 3 is 1.39 bits per heavy atom. The second-order valence-electron chi connectivity index (χ2n) is 8.29. The molecule has 0 aliphatic carbocycles. The number of aromatic hydroxyl groups is 2. The van der Waals surface area contributed by atoms with Gasteiger partial charge in [-0.1, -0.05) is 79.1 Å². The van der Waals surface area contributed by atoms with Crippen LogP contribution in [0.25, 0.3) is 0 Å². The van der Waals surface area contributed by atoms with E-state index in [4.69, 9.17) is 14.2 Å². The first-order chi connectivity index (χ1) is 15.1. The molecule has 0 fully saturated rings. The molecule has 180 valence electrons. The zero-order valence-electron chi connectivity index (χ0n) is 20.4. The SMILES string of the molecule is CCCCCOc1c(O)c(O)c(CCCCC)c(OCCCCC)c1OCCCCC. The van der Waals surface area contributed by atoms with Crippen molar-refractivity contribution in [3.63, 3.8) is 0 Å². The Kier molecular flexibility index (Phi) is 14.8. The molecule has 0 saturated carbocycles. The minimum atomic E-state index is -0.227. The number of rotatable bonds is 19. The van der Waals surface area contributed by atoms with Gasteiger partial charge in [0.05, 0.1) is 19.8 Å². The lowest BCUT2D eigenvalue weighted by Crippen LogP contribution is -2.09. The molecule has 31 heavy (non-hydrogen) atoms. The van der Waals surface area contributed by atoms with E-state index in [2.05, 4.69) is 27.7 Å². The van der Waals surface area contributed by atoms with E-state index in [-0.39, 0.29) is 17.2 Å². The van der Waals surface area contributed by atoms with E-state index in [0.29, 0.717) is 43.3 Å². The minimum Gasteiger partial charge on any atom is -0.504 e. The Bertz CT molecular complexity index is 600. The summed E-state index contributed by atoms with van der Waals surface area (Å²) in [5, 5.41) is 21.6. The molecule has 1 rings (SSSR count). The molecular weight excluding hydrogens is 392 g/mol. The number of unbranched alkanes of at least 4 members (excludes halogenated alkanes) is 8. The van der Waals surface area contributed by atoms with Crippen LogP contribution in [0.4, 0.5) is 0 Å². The fourth-order valence-electron chi connectivity index (χ4n) is 3.49. The third kappa shape index (κ3) is 9.49. The van der Waals surface area contributed by atoms with E-state index in [1.54, 1.807) is 0 Å². The Morgan fingerprint density at radius 1 is 0.484 bits per heavy atom. The van der Waals surface area contributed by atoms with Crippen molar-refractivity contribution in [2.75, 3.05) is 19.8 Å². The molecule has 0 bridgehead atoms. The monoisotopic (exact) mass is 438 g/mol. The summed E-state index contributed by atoms with van der Waals surface area (Å²) < 4.78 is 18.3. The topological polar surface area (TPSA) is 68.2 Å². The van der Waals surface area contributed by atoms with Crippen LogP contribution < -0.4 is 14.2 Å². The van der Waals surface area contributed by atoms with E-state index in [1.165, 1.54) is 0 Å². The molecule has 0 heterocycles. The lowest BCUT2D eigenvalue weighted by molar-refractivity contribution is 0.223. The van der Waals surface area contributed by atoms with Crippen LogP contribution in [0.5, 0.6) is 28.7 Å². The van der Waals surface area contributed by atoms with Crippen molar-refractivity contribution in [3.05, 3.63) is 5.56 Å². The molecule has 5 heteroatoms. The normalized spacial score (nSPS) is 11.0. The van der Waals surface area contributed by atoms with Crippen molar-refractivity contribution >= 4 is 0 Å². The highest BCUT2D eigenvalue weighted by Crippen LogP contribution is 2.53. The quantitative estimate of drug-likeness (QED) is 0.172. The first kappa shape index (κ1) is 27.3. The van der Waals surface area contributed by atoms with Crippen molar-refractivity contribution < 1.29 is 24.4 Å². The van der Waals surface area contributed by atoms with Gasteiger partial charge in [-0.15, -0.1) is 0 Å². The van der Waals surface area contributed by atoms with Gasteiger partial charge in [0, 0.05) is 5.56 Å². The summed E-state index contributed by atoms with van der Waals surface area (Å²) in [4.78, 5) is 0. The Morgan fingerprint density at radius 2 is 0.903 bits per heavy atom. The Balaban J connectivity index is 3.27. The third-order valence-electron chi connectivity index (χ3n) is 5.42. The number of phenols is 2. The number of phenolic OH excluding ortho intramolecular Hbond substituents is 2. The van der Waals surface area contributed by atoms with Gasteiger partial charge in [-0.25, -0.2) is 0 Å². The van der Waals surface area contributed by atoms with Gasteiger partial charge in [0.15, 0.2) is 11.5 Å². The molecule has 0 unspecified atom stereocenters. The van der Waals surface area contributed by atoms with Crippen molar-refractivity contribution in [2.45, 2.75) is 111 Å². The molecule has 0 saturated heterocycles. The maximum Gasteiger partial charge on any atom is 0.211 e. The second kappa shape index (κ2) is 16.9. The van der Waals surface area contributed by atoms with Crippen molar-refractivity contribution in [2.24, 2.45) is 0 Å². The highest BCUT2D eigenvalue weighted by Gasteiger charge is 2.27. The molecular formula is C26H46O5. The van der Waals surface area contributed by atoms with Gasteiger partial charge in [-0.3, -0.25) is 0 Å². The molecule has 0 atom stereocenters. The Hall–Kier alpha value is -1.78. The number of ether oxygens (including phenoxy) is 3. The van der Waals surface area contributed by atoms with Gasteiger partial charge < -0.3 is 24.4 Å². The summed E-state index contributed by atoms with van der Waals surface area (Å²) in [6.45, 7) is 10.2. The maximum absolute atomic E-state index is 10.8. The number of hydrogen-bond acceptors (Lipinski definition) is 5. The first-order valence-corrected chi connectivity index (χ1v) is 12.6. The van der Waals surface area contributed by atoms with E-state index in [0.717, 1.165) is 77.0 Å². The van der Waals surface area contributed by atoms with Gasteiger partial charge in [0.2, 0.25) is 17.2 Å². The summed E-state index contributed by atoms with van der Waals surface area (Å²) in [7, 11) is 0. The standard InChI is InChI=1S/C26H46O5/c1-5-9-13-17-21-22(27)23(28)25(30-19-15-11-7-3)26(31-20-16-12-8-4)24(21)29-18-14-10-6-2/h27-28H,5-20H2,1-4H3. The smallest absolute Gasteiger partial charge is 0.211 e. The summed E-state index contributed by atoms with van der Waals surface area (Å²) in [6, 6.07) is 0. The summed E-state index contributed by atoms with van der Waals surface area (Å²) in [5.74, 6) is 0.854. The van der Waals surface area contributed by atoms with Crippen LogP contribution in [0.2, 0.25) is 0 Å². The third-order valence-corrected chi connectivity index (χ3v) is 5.42. The summed E-state index contributed by atoms with van der Waals surface area (Å²) >= 11 is 0. The molecule has 0 radical (unpaired) electrons. The highest BCUT2D eigenvalue weighted by molar-refractivity contribution is 5.69. The highest BCUT2D eigenvalue weighted by atomic mass is 16.5. The maximum atomic E-state index is 10.8. The largest absolute Gasteiger partial charge is 0.504 e. The van der Waals surface area contributed by atoms with Crippen LogP contribution in [0.3, 0.4) is 0 Å². The average molecular weight is 439 g/mol. The molecule has 0 amide bonds. The second-order valence-corrected chi connectivity index (χ2v) is 8.29.